The molecule has 2 heterocycles. The molecule has 1 aromatic heterocycles. The summed E-state index contributed by atoms with van der Waals surface area (Å²) in [6.07, 6.45) is 5.42. The SMILES string of the molecule is Clc1cnc(-c2ccccc2)nc1N1CCCCC1. The van der Waals surface area contributed by atoms with Crippen molar-refractivity contribution in [1.29, 1.82) is 0 Å². The van der Waals surface area contributed by atoms with Gasteiger partial charge in [-0.1, -0.05) is 41.9 Å². The average molecular weight is 274 g/mol. The number of aromatic nitrogens is 2. The Balaban J connectivity index is 1.96. The van der Waals surface area contributed by atoms with Gasteiger partial charge in [0.15, 0.2) is 11.6 Å². The molecule has 0 amide bonds. The third-order valence-electron chi connectivity index (χ3n) is 3.41. The molecule has 0 radical (unpaired) electrons. The molecule has 1 aliphatic heterocycles. The number of benzene rings is 1. The van der Waals surface area contributed by atoms with Gasteiger partial charge in [0.25, 0.3) is 0 Å². The van der Waals surface area contributed by atoms with Crippen LogP contribution in [0.15, 0.2) is 36.5 Å². The van der Waals surface area contributed by atoms with E-state index in [0.29, 0.717) is 5.02 Å². The van der Waals surface area contributed by atoms with Crippen LogP contribution in [0.25, 0.3) is 11.4 Å². The molecule has 2 aromatic rings. The van der Waals surface area contributed by atoms with Crippen molar-refractivity contribution in [2.45, 2.75) is 19.3 Å². The minimum absolute atomic E-state index is 0.640. The molecular formula is C15H16ClN3. The fourth-order valence-electron chi connectivity index (χ4n) is 2.41. The van der Waals surface area contributed by atoms with Crippen LogP contribution in [0.5, 0.6) is 0 Å². The Morgan fingerprint density at radius 2 is 1.74 bits per heavy atom. The molecular weight excluding hydrogens is 258 g/mol. The van der Waals surface area contributed by atoms with Gasteiger partial charge in [-0.2, -0.15) is 0 Å². The molecule has 0 bridgehead atoms. The van der Waals surface area contributed by atoms with Crippen LogP contribution in [0.3, 0.4) is 0 Å². The fourth-order valence-corrected chi connectivity index (χ4v) is 2.62. The lowest BCUT2D eigenvalue weighted by atomic mass is 10.1. The number of nitrogens with zero attached hydrogens (tertiary/aromatic N) is 3. The second kappa shape index (κ2) is 5.57. The largest absolute Gasteiger partial charge is 0.355 e. The molecule has 0 saturated carbocycles. The number of anilines is 1. The van der Waals surface area contributed by atoms with E-state index in [1.807, 2.05) is 30.3 Å². The molecule has 0 N–H and O–H groups in total. The van der Waals surface area contributed by atoms with Gasteiger partial charge in [-0.25, -0.2) is 9.97 Å². The maximum absolute atomic E-state index is 6.25. The Bertz CT molecular complexity index is 551. The van der Waals surface area contributed by atoms with E-state index in [0.717, 1.165) is 30.3 Å². The molecule has 0 atom stereocenters. The van der Waals surface area contributed by atoms with Gasteiger partial charge in [0.1, 0.15) is 5.02 Å². The highest BCUT2D eigenvalue weighted by molar-refractivity contribution is 6.32. The summed E-state index contributed by atoms with van der Waals surface area (Å²) in [7, 11) is 0. The van der Waals surface area contributed by atoms with Gasteiger partial charge < -0.3 is 4.90 Å². The van der Waals surface area contributed by atoms with Crippen LogP contribution in [-0.2, 0) is 0 Å². The zero-order valence-corrected chi connectivity index (χ0v) is 11.5. The topological polar surface area (TPSA) is 29.0 Å². The summed E-state index contributed by atoms with van der Waals surface area (Å²) >= 11 is 6.25. The summed E-state index contributed by atoms with van der Waals surface area (Å²) in [4.78, 5) is 11.2. The first-order valence-electron chi connectivity index (χ1n) is 6.67. The van der Waals surface area contributed by atoms with E-state index in [-0.39, 0.29) is 0 Å². The van der Waals surface area contributed by atoms with Crippen LogP contribution >= 0.6 is 11.6 Å². The van der Waals surface area contributed by atoms with Crippen LogP contribution in [0.4, 0.5) is 5.82 Å². The molecule has 3 nitrogen and oxygen atoms in total. The molecule has 1 aliphatic rings. The summed E-state index contributed by atoms with van der Waals surface area (Å²) < 4.78 is 0. The molecule has 0 unspecified atom stereocenters. The van der Waals surface area contributed by atoms with Gasteiger partial charge in [0.2, 0.25) is 0 Å². The van der Waals surface area contributed by atoms with E-state index in [1.165, 1.54) is 19.3 Å². The van der Waals surface area contributed by atoms with E-state index in [1.54, 1.807) is 6.20 Å². The Kier molecular flexibility index (Phi) is 3.65. The van der Waals surface area contributed by atoms with Crippen molar-refractivity contribution in [3.05, 3.63) is 41.6 Å². The first-order chi connectivity index (χ1) is 9.34. The smallest absolute Gasteiger partial charge is 0.161 e. The highest BCUT2D eigenvalue weighted by Crippen LogP contribution is 2.27. The van der Waals surface area contributed by atoms with Gasteiger partial charge in [0, 0.05) is 18.7 Å². The molecule has 1 aromatic carbocycles. The molecule has 1 saturated heterocycles. The van der Waals surface area contributed by atoms with E-state index in [4.69, 9.17) is 11.6 Å². The minimum atomic E-state index is 0.640. The van der Waals surface area contributed by atoms with Crippen LogP contribution in [0, 0.1) is 0 Å². The van der Waals surface area contributed by atoms with Crippen LogP contribution in [-0.4, -0.2) is 23.1 Å². The second-order valence-electron chi connectivity index (χ2n) is 4.78. The first-order valence-corrected chi connectivity index (χ1v) is 7.05. The highest BCUT2D eigenvalue weighted by atomic mass is 35.5. The number of halogens is 1. The number of rotatable bonds is 2. The van der Waals surface area contributed by atoms with Gasteiger partial charge in [-0.3, -0.25) is 0 Å². The number of piperidine rings is 1. The van der Waals surface area contributed by atoms with E-state index >= 15 is 0 Å². The summed E-state index contributed by atoms with van der Waals surface area (Å²) in [5.74, 6) is 1.61. The quantitative estimate of drug-likeness (QED) is 0.834. The van der Waals surface area contributed by atoms with Crippen molar-refractivity contribution in [2.75, 3.05) is 18.0 Å². The zero-order chi connectivity index (χ0) is 13.1. The Hall–Kier alpha value is -1.61. The summed E-state index contributed by atoms with van der Waals surface area (Å²) in [5, 5.41) is 0.640. The monoisotopic (exact) mass is 273 g/mol. The van der Waals surface area contributed by atoms with Crippen molar-refractivity contribution in [2.24, 2.45) is 0 Å². The molecule has 98 valence electrons. The second-order valence-corrected chi connectivity index (χ2v) is 5.19. The van der Waals surface area contributed by atoms with Crippen LogP contribution in [0.2, 0.25) is 5.02 Å². The van der Waals surface area contributed by atoms with Gasteiger partial charge in [-0.15, -0.1) is 0 Å². The Morgan fingerprint density at radius 1 is 1.00 bits per heavy atom. The van der Waals surface area contributed by atoms with Crippen molar-refractivity contribution in [1.82, 2.24) is 9.97 Å². The normalized spacial score (nSPS) is 15.5. The zero-order valence-electron chi connectivity index (χ0n) is 10.7. The maximum atomic E-state index is 6.25. The highest BCUT2D eigenvalue weighted by Gasteiger charge is 2.16. The average Bonchev–Trinajstić information content (AvgIpc) is 2.49. The summed E-state index contributed by atoms with van der Waals surface area (Å²) in [6.45, 7) is 2.07. The lowest BCUT2D eigenvalue weighted by Crippen LogP contribution is -2.30. The lowest BCUT2D eigenvalue weighted by molar-refractivity contribution is 0.573. The van der Waals surface area contributed by atoms with E-state index in [2.05, 4.69) is 14.9 Å². The van der Waals surface area contributed by atoms with Crippen LogP contribution in [0.1, 0.15) is 19.3 Å². The van der Waals surface area contributed by atoms with Gasteiger partial charge in [-0.05, 0) is 19.3 Å². The molecule has 19 heavy (non-hydrogen) atoms. The molecule has 1 fully saturated rings. The Labute approximate surface area is 118 Å². The van der Waals surface area contributed by atoms with E-state index < -0.39 is 0 Å². The van der Waals surface area contributed by atoms with Crippen molar-refractivity contribution < 1.29 is 0 Å². The predicted octanol–water partition coefficient (Wildman–Crippen LogP) is 3.79. The van der Waals surface area contributed by atoms with Crippen molar-refractivity contribution in [3.8, 4) is 11.4 Å². The molecule has 4 heteroatoms. The van der Waals surface area contributed by atoms with E-state index in [9.17, 15) is 0 Å². The van der Waals surface area contributed by atoms with Crippen molar-refractivity contribution >= 4 is 17.4 Å². The summed E-state index contributed by atoms with van der Waals surface area (Å²) in [5.41, 5.74) is 1.03. The number of hydrogen-bond acceptors (Lipinski definition) is 3. The summed E-state index contributed by atoms with van der Waals surface area (Å²) in [6, 6.07) is 10.0. The van der Waals surface area contributed by atoms with Gasteiger partial charge in [0.05, 0.1) is 6.20 Å². The maximum Gasteiger partial charge on any atom is 0.161 e. The standard InChI is InChI=1S/C15H16ClN3/c16-13-11-17-14(12-7-3-1-4-8-12)18-15(13)19-9-5-2-6-10-19/h1,3-4,7-8,11H,2,5-6,9-10H2. The third kappa shape index (κ3) is 2.71. The molecule has 0 spiro atoms. The molecule has 0 aliphatic carbocycles. The lowest BCUT2D eigenvalue weighted by Gasteiger charge is -2.28. The third-order valence-corrected chi connectivity index (χ3v) is 3.68. The number of hydrogen-bond donors (Lipinski definition) is 0. The van der Waals surface area contributed by atoms with Gasteiger partial charge >= 0.3 is 0 Å². The Morgan fingerprint density at radius 3 is 2.47 bits per heavy atom. The fraction of sp³-hybridized carbons (Fsp3) is 0.333. The molecule has 3 rings (SSSR count). The predicted molar refractivity (Wildman–Crippen MR) is 78.5 cm³/mol. The minimum Gasteiger partial charge on any atom is -0.355 e. The van der Waals surface area contributed by atoms with Crippen LogP contribution < -0.4 is 4.90 Å². The first kappa shape index (κ1) is 12.4. The van der Waals surface area contributed by atoms with Crippen molar-refractivity contribution in [3.63, 3.8) is 0 Å².